The highest BCUT2D eigenvalue weighted by Gasteiger charge is 2.30. The van der Waals surface area contributed by atoms with E-state index in [0.29, 0.717) is 5.91 Å². The third kappa shape index (κ3) is 3.29. The van der Waals surface area contributed by atoms with Gasteiger partial charge < -0.3 is 4.90 Å². The van der Waals surface area contributed by atoms with E-state index in [9.17, 15) is 4.79 Å². The summed E-state index contributed by atoms with van der Waals surface area (Å²) in [4.78, 5) is 17.0. The Balaban J connectivity index is 1.97. The average molecular weight is 283 g/mol. The SMILES string of the molecule is CCCCCC(=O)N1CCS[C@@H]1c1ccc(C)s1. The summed E-state index contributed by atoms with van der Waals surface area (Å²) >= 11 is 3.72. The number of nitrogens with zero attached hydrogens (tertiary/aromatic N) is 1. The van der Waals surface area contributed by atoms with Crippen LogP contribution in [0, 0.1) is 6.92 Å². The van der Waals surface area contributed by atoms with Gasteiger partial charge in [0, 0.05) is 28.5 Å². The minimum absolute atomic E-state index is 0.276. The fourth-order valence-electron chi connectivity index (χ4n) is 2.22. The first-order chi connectivity index (χ1) is 8.72. The third-order valence-electron chi connectivity index (χ3n) is 3.21. The fourth-order valence-corrected chi connectivity index (χ4v) is 4.61. The molecule has 1 atom stereocenters. The van der Waals surface area contributed by atoms with Gasteiger partial charge in [-0.2, -0.15) is 0 Å². The van der Waals surface area contributed by atoms with Gasteiger partial charge in [-0.1, -0.05) is 19.8 Å². The number of thiophene rings is 1. The number of rotatable bonds is 5. The number of amides is 1. The van der Waals surface area contributed by atoms with Crippen LogP contribution in [0.3, 0.4) is 0 Å². The lowest BCUT2D eigenvalue weighted by molar-refractivity contribution is -0.131. The van der Waals surface area contributed by atoms with E-state index in [1.165, 1.54) is 16.2 Å². The number of carbonyl (C=O) groups is 1. The highest BCUT2D eigenvalue weighted by atomic mass is 32.2. The molecule has 0 bridgehead atoms. The second-order valence-corrected chi connectivity index (χ2v) is 7.22. The van der Waals surface area contributed by atoms with Crippen LogP contribution in [0.25, 0.3) is 0 Å². The maximum Gasteiger partial charge on any atom is 0.223 e. The van der Waals surface area contributed by atoms with Crippen molar-refractivity contribution in [2.75, 3.05) is 12.3 Å². The van der Waals surface area contributed by atoms with E-state index in [4.69, 9.17) is 0 Å². The van der Waals surface area contributed by atoms with E-state index in [1.807, 2.05) is 23.1 Å². The van der Waals surface area contributed by atoms with Gasteiger partial charge in [-0.3, -0.25) is 4.79 Å². The molecule has 1 saturated heterocycles. The summed E-state index contributed by atoms with van der Waals surface area (Å²) in [7, 11) is 0. The van der Waals surface area contributed by atoms with Crippen LogP contribution in [0.15, 0.2) is 12.1 Å². The van der Waals surface area contributed by atoms with Crippen molar-refractivity contribution in [1.29, 1.82) is 0 Å². The van der Waals surface area contributed by atoms with Gasteiger partial charge in [0.1, 0.15) is 5.37 Å². The zero-order chi connectivity index (χ0) is 13.0. The number of hydrogen-bond acceptors (Lipinski definition) is 3. The normalized spacial score (nSPS) is 19.4. The minimum Gasteiger partial charge on any atom is -0.325 e. The largest absolute Gasteiger partial charge is 0.325 e. The number of hydrogen-bond donors (Lipinski definition) is 0. The predicted molar refractivity (Wildman–Crippen MR) is 80.1 cm³/mol. The topological polar surface area (TPSA) is 20.3 Å². The lowest BCUT2D eigenvalue weighted by Gasteiger charge is -2.23. The lowest BCUT2D eigenvalue weighted by atomic mass is 10.2. The Morgan fingerprint density at radius 1 is 1.44 bits per heavy atom. The summed E-state index contributed by atoms with van der Waals surface area (Å²) < 4.78 is 0. The van der Waals surface area contributed by atoms with E-state index in [2.05, 4.69) is 30.9 Å². The first kappa shape index (κ1) is 13.9. The maximum absolute atomic E-state index is 12.2. The molecule has 2 nitrogen and oxygen atoms in total. The number of unbranched alkanes of at least 4 members (excludes halogenated alkanes) is 2. The molecule has 0 N–H and O–H groups in total. The van der Waals surface area contributed by atoms with Crippen LogP contribution < -0.4 is 0 Å². The third-order valence-corrected chi connectivity index (χ3v) is 5.65. The van der Waals surface area contributed by atoms with E-state index in [-0.39, 0.29) is 5.37 Å². The van der Waals surface area contributed by atoms with Crippen LogP contribution in [0.4, 0.5) is 0 Å². The summed E-state index contributed by atoms with van der Waals surface area (Å²) in [5.74, 6) is 1.41. The molecular weight excluding hydrogens is 262 g/mol. The fraction of sp³-hybridized carbons (Fsp3) is 0.643. The molecule has 4 heteroatoms. The van der Waals surface area contributed by atoms with Crippen LogP contribution in [0.2, 0.25) is 0 Å². The van der Waals surface area contributed by atoms with Gasteiger partial charge in [-0.05, 0) is 25.5 Å². The lowest BCUT2D eigenvalue weighted by Crippen LogP contribution is -2.29. The summed E-state index contributed by atoms with van der Waals surface area (Å²) in [6.07, 6.45) is 4.09. The smallest absolute Gasteiger partial charge is 0.223 e. The molecule has 1 aromatic rings. The Labute approximate surface area is 118 Å². The Hall–Kier alpha value is -0.480. The van der Waals surface area contributed by atoms with Crippen molar-refractivity contribution in [3.8, 4) is 0 Å². The van der Waals surface area contributed by atoms with Crippen molar-refractivity contribution < 1.29 is 4.79 Å². The van der Waals surface area contributed by atoms with Crippen molar-refractivity contribution >= 4 is 29.0 Å². The van der Waals surface area contributed by atoms with Gasteiger partial charge in [0.25, 0.3) is 0 Å². The molecule has 1 aromatic heterocycles. The molecule has 1 fully saturated rings. The van der Waals surface area contributed by atoms with Crippen LogP contribution >= 0.6 is 23.1 Å². The van der Waals surface area contributed by atoms with Crippen LogP contribution in [-0.4, -0.2) is 23.1 Å². The van der Waals surface area contributed by atoms with Gasteiger partial charge in [0.15, 0.2) is 0 Å². The first-order valence-electron chi connectivity index (χ1n) is 6.69. The molecule has 2 rings (SSSR count). The summed E-state index contributed by atoms with van der Waals surface area (Å²) in [6, 6.07) is 4.33. The first-order valence-corrected chi connectivity index (χ1v) is 8.56. The number of aryl methyl sites for hydroxylation is 1. The molecule has 100 valence electrons. The Morgan fingerprint density at radius 3 is 2.94 bits per heavy atom. The van der Waals surface area contributed by atoms with Gasteiger partial charge in [0.05, 0.1) is 0 Å². The van der Waals surface area contributed by atoms with Crippen LogP contribution in [0.1, 0.15) is 47.7 Å². The quantitative estimate of drug-likeness (QED) is 0.754. The van der Waals surface area contributed by atoms with Crippen LogP contribution in [0.5, 0.6) is 0 Å². The van der Waals surface area contributed by atoms with Gasteiger partial charge in [-0.25, -0.2) is 0 Å². The van der Waals surface area contributed by atoms with E-state index >= 15 is 0 Å². The Bertz CT molecular complexity index is 402. The van der Waals surface area contributed by atoms with Gasteiger partial charge in [-0.15, -0.1) is 23.1 Å². The molecule has 0 aromatic carbocycles. The molecular formula is C14H21NOS2. The second kappa shape index (κ2) is 6.62. The molecule has 0 spiro atoms. The minimum atomic E-state index is 0.276. The standard InChI is InChI=1S/C14H21NOS2/c1-3-4-5-6-13(16)15-9-10-17-14(15)12-8-7-11(2)18-12/h7-8,14H,3-6,9-10H2,1-2H3/t14-/m1/s1. The molecule has 0 saturated carbocycles. The Kier molecular flexibility index (Phi) is 5.13. The summed E-state index contributed by atoms with van der Waals surface area (Å²) in [5, 5.41) is 0.276. The van der Waals surface area contributed by atoms with E-state index in [1.54, 1.807) is 0 Å². The molecule has 2 heterocycles. The molecule has 1 aliphatic heterocycles. The van der Waals surface area contributed by atoms with Crippen molar-refractivity contribution in [2.24, 2.45) is 0 Å². The van der Waals surface area contributed by atoms with Crippen LogP contribution in [-0.2, 0) is 4.79 Å². The number of thioether (sulfide) groups is 1. The highest BCUT2D eigenvalue weighted by Crippen LogP contribution is 2.41. The molecule has 1 amide bonds. The zero-order valence-corrected chi connectivity index (χ0v) is 12.8. The second-order valence-electron chi connectivity index (χ2n) is 4.72. The molecule has 0 aliphatic carbocycles. The molecule has 18 heavy (non-hydrogen) atoms. The van der Waals surface area contributed by atoms with Crippen molar-refractivity contribution in [3.63, 3.8) is 0 Å². The summed E-state index contributed by atoms with van der Waals surface area (Å²) in [6.45, 7) is 5.21. The van der Waals surface area contributed by atoms with Crippen molar-refractivity contribution in [2.45, 2.75) is 44.9 Å². The molecule has 0 radical (unpaired) electrons. The monoisotopic (exact) mass is 283 g/mol. The van der Waals surface area contributed by atoms with Crippen molar-refractivity contribution in [1.82, 2.24) is 4.90 Å². The molecule has 1 aliphatic rings. The molecule has 0 unspecified atom stereocenters. The van der Waals surface area contributed by atoms with Gasteiger partial charge >= 0.3 is 0 Å². The van der Waals surface area contributed by atoms with Gasteiger partial charge in [0.2, 0.25) is 5.91 Å². The van der Waals surface area contributed by atoms with Crippen molar-refractivity contribution in [3.05, 3.63) is 21.9 Å². The van der Waals surface area contributed by atoms with E-state index in [0.717, 1.165) is 31.6 Å². The summed E-state index contributed by atoms with van der Waals surface area (Å²) in [5.41, 5.74) is 0. The Morgan fingerprint density at radius 2 is 2.28 bits per heavy atom. The average Bonchev–Trinajstić information content (AvgIpc) is 2.97. The van der Waals surface area contributed by atoms with E-state index < -0.39 is 0 Å². The highest BCUT2D eigenvalue weighted by molar-refractivity contribution is 7.99. The zero-order valence-electron chi connectivity index (χ0n) is 11.1. The predicted octanol–water partition coefficient (Wildman–Crippen LogP) is 4.21. The number of carbonyl (C=O) groups excluding carboxylic acids is 1. The maximum atomic E-state index is 12.2.